The Bertz CT molecular complexity index is 2160. The van der Waals surface area contributed by atoms with Gasteiger partial charge in [-0.05, 0) is 98.0 Å². The molecule has 0 radical (unpaired) electrons. The summed E-state index contributed by atoms with van der Waals surface area (Å²) in [4.78, 5) is 69.8. The first kappa shape index (κ1) is 57.4. The largest absolute Gasteiger partial charge is 0.444 e. The van der Waals surface area contributed by atoms with Gasteiger partial charge in [0.25, 0.3) is 0 Å². The number of piperidine rings is 1. The summed E-state index contributed by atoms with van der Waals surface area (Å²) in [6, 6.07) is 5.60. The Morgan fingerprint density at radius 2 is 1.67 bits per heavy atom. The van der Waals surface area contributed by atoms with Crippen LogP contribution in [0.4, 0.5) is 9.93 Å². The number of hydrogen-bond donors (Lipinski definition) is 4. The number of nitrogens with zero attached hydrogens (tertiary/aromatic N) is 4. The molecule has 6 rings (SSSR count). The van der Waals surface area contributed by atoms with Gasteiger partial charge in [0.15, 0.2) is 5.13 Å². The average Bonchev–Trinajstić information content (AvgIpc) is 3.56. The molecule has 4 amide bonds. The molecular weight excluding hydrogens is 881 g/mol. The molecule has 1 saturated carbocycles. The van der Waals surface area contributed by atoms with Gasteiger partial charge in [-0.15, -0.1) is 11.3 Å². The van der Waals surface area contributed by atoms with E-state index in [1.54, 1.807) is 36.7 Å². The smallest absolute Gasteiger partial charge is 0.408 e. The Morgan fingerprint density at radius 1 is 1.00 bits per heavy atom. The van der Waals surface area contributed by atoms with Crippen LogP contribution in [-0.2, 0) is 29.1 Å². The van der Waals surface area contributed by atoms with Crippen LogP contribution in [0.5, 0.6) is 0 Å². The molecule has 66 heavy (non-hydrogen) atoms. The Labute approximate surface area is 397 Å². The number of rotatable bonds is 14. The van der Waals surface area contributed by atoms with Gasteiger partial charge in [-0.2, -0.15) is 0 Å². The Morgan fingerprint density at radius 3 is 2.24 bits per heavy atom. The molecule has 3 unspecified atom stereocenters. The predicted molar refractivity (Wildman–Crippen MR) is 268 cm³/mol. The summed E-state index contributed by atoms with van der Waals surface area (Å²) in [7, 11) is -3.41. The number of amides is 4. The number of primary amides is 1. The lowest BCUT2D eigenvalue weighted by Crippen LogP contribution is -2.48. The highest BCUT2D eigenvalue weighted by atomic mass is 32.2. The van der Waals surface area contributed by atoms with Crippen LogP contribution in [0.15, 0.2) is 40.5 Å². The summed E-state index contributed by atoms with van der Waals surface area (Å²) >= 11 is 1.69. The zero-order chi connectivity index (χ0) is 49.6. The molecule has 2 aromatic heterocycles. The minimum Gasteiger partial charge on any atom is -0.444 e. The number of likely N-dealkylation sites (tertiary alicyclic amines) is 1. The number of aromatic nitrogens is 3. The number of sulfonamides is 1. The van der Waals surface area contributed by atoms with Gasteiger partial charge in [0.2, 0.25) is 27.7 Å². The highest BCUT2D eigenvalue weighted by Crippen LogP contribution is 2.40. The van der Waals surface area contributed by atoms with Crippen LogP contribution in [-0.4, -0.2) is 95.7 Å². The van der Waals surface area contributed by atoms with E-state index in [1.807, 2.05) is 56.7 Å². The molecule has 3 fully saturated rings. The molecular formula is C48H80N8O8S2. The van der Waals surface area contributed by atoms with E-state index in [9.17, 15) is 32.4 Å². The van der Waals surface area contributed by atoms with Crippen molar-refractivity contribution in [1.29, 1.82) is 0 Å². The van der Waals surface area contributed by atoms with Crippen LogP contribution < -0.4 is 26.4 Å². The topological polar surface area (TPSA) is 219 Å². The van der Waals surface area contributed by atoms with Crippen molar-refractivity contribution in [3.05, 3.63) is 46.2 Å². The van der Waals surface area contributed by atoms with Gasteiger partial charge in [0.1, 0.15) is 18.2 Å². The number of hydrogen-bond acceptors (Lipinski definition) is 11. The fourth-order valence-electron chi connectivity index (χ4n) is 7.19. The normalized spacial score (nSPS) is 17.8. The number of fused-ring (bicyclic) bond motifs is 1. The maximum atomic E-state index is 12.3. The van der Waals surface area contributed by atoms with E-state index in [2.05, 4.69) is 47.4 Å². The second-order valence-corrected chi connectivity index (χ2v) is 20.4. The monoisotopic (exact) mass is 961 g/mol. The zero-order valence-corrected chi connectivity index (χ0v) is 43.2. The molecule has 1 aliphatic carbocycles. The molecule has 3 atom stereocenters. The summed E-state index contributed by atoms with van der Waals surface area (Å²) in [6.45, 7) is 22.3. The lowest BCUT2D eigenvalue weighted by molar-refractivity contribution is -0.136. The summed E-state index contributed by atoms with van der Waals surface area (Å²) in [5, 5.41) is 5.56. The van der Waals surface area contributed by atoms with E-state index < -0.39 is 33.7 Å². The number of imidazole rings is 1. The molecule has 4 heterocycles. The van der Waals surface area contributed by atoms with Gasteiger partial charge in [-0.1, -0.05) is 84.6 Å². The van der Waals surface area contributed by atoms with Crippen molar-refractivity contribution in [2.75, 3.05) is 37.3 Å². The number of allylic oxidation sites excluding steroid dienone is 2. The third-order valence-electron chi connectivity index (χ3n) is 10.7. The van der Waals surface area contributed by atoms with Crippen molar-refractivity contribution in [3.8, 4) is 11.3 Å². The van der Waals surface area contributed by atoms with Gasteiger partial charge in [-0.25, -0.2) is 23.0 Å². The SMILES string of the molecule is CC.CC(C)(C)OC(=O)NCC(=O)N1CCCC1C(N)=O.CC(C)n1c(=O)[nH]c2c(-c3csc(N4CCCCC4)n3)cccc21.CCCC.CCCCC/C=C\C1CC1C(=O)NS(C)(=O)=O. The summed E-state index contributed by atoms with van der Waals surface area (Å²) in [6.07, 6.45) is 17.7. The highest BCUT2D eigenvalue weighted by Gasteiger charge is 2.41. The molecule has 3 aliphatic rings. The van der Waals surface area contributed by atoms with Crippen molar-refractivity contribution in [3.63, 3.8) is 0 Å². The number of nitrogens with one attached hydrogen (secondary N) is 3. The van der Waals surface area contributed by atoms with E-state index in [-0.39, 0.29) is 41.9 Å². The molecule has 18 heteroatoms. The zero-order valence-electron chi connectivity index (χ0n) is 41.5. The maximum Gasteiger partial charge on any atom is 0.408 e. The number of para-hydroxylation sites is 1. The predicted octanol–water partition coefficient (Wildman–Crippen LogP) is 8.68. The molecule has 3 aromatic rings. The first-order valence-electron chi connectivity index (χ1n) is 23.9. The molecule has 2 saturated heterocycles. The number of ether oxygens (including phenoxy) is 1. The molecule has 372 valence electrons. The number of alkyl carbamates (subject to hydrolysis) is 1. The number of unbranched alkanes of at least 4 members (excludes halogenated alkanes) is 4. The van der Waals surface area contributed by atoms with Crippen LogP contribution in [0, 0.1) is 11.8 Å². The number of thiazole rings is 1. The maximum absolute atomic E-state index is 12.3. The quantitative estimate of drug-likeness (QED) is 0.0890. The molecule has 2 aliphatic heterocycles. The van der Waals surface area contributed by atoms with Crippen molar-refractivity contribution in [2.45, 2.75) is 164 Å². The van der Waals surface area contributed by atoms with Gasteiger partial charge in [-0.3, -0.25) is 23.7 Å². The van der Waals surface area contributed by atoms with Crippen molar-refractivity contribution in [2.24, 2.45) is 17.6 Å². The van der Waals surface area contributed by atoms with Gasteiger partial charge in [0.05, 0.1) is 23.0 Å². The number of nitrogens with two attached hydrogens (primary N) is 1. The highest BCUT2D eigenvalue weighted by molar-refractivity contribution is 7.89. The Balaban J connectivity index is 0.000000326. The van der Waals surface area contributed by atoms with Crippen LogP contribution in [0.2, 0.25) is 0 Å². The first-order valence-corrected chi connectivity index (χ1v) is 26.7. The summed E-state index contributed by atoms with van der Waals surface area (Å²) in [5.41, 5.74) is 8.33. The minimum absolute atomic E-state index is 0.0565. The molecule has 16 nitrogen and oxygen atoms in total. The Hall–Kier alpha value is -4.71. The fourth-order valence-corrected chi connectivity index (χ4v) is 8.58. The minimum atomic E-state index is -3.41. The van der Waals surface area contributed by atoms with Crippen LogP contribution in [0.3, 0.4) is 0 Å². The van der Waals surface area contributed by atoms with Crippen LogP contribution >= 0.6 is 11.3 Å². The van der Waals surface area contributed by atoms with E-state index >= 15 is 0 Å². The lowest BCUT2D eigenvalue weighted by atomic mass is 10.1. The van der Waals surface area contributed by atoms with Gasteiger partial charge >= 0.3 is 11.8 Å². The van der Waals surface area contributed by atoms with Crippen molar-refractivity contribution < 1.29 is 32.3 Å². The van der Waals surface area contributed by atoms with E-state index in [0.717, 1.165) is 66.0 Å². The van der Waals surface area contributed by atoms with Gasteiger partial charge < -0.3 is 30.6 Å². The number of anilines is 1. The molecule has 1 aromatic carbocycles. The number of H-pyrrole nitrogens is 1. The van der Waals surface area contributed by atoms with E-state index in [1.165, 1.54) is 56.3 Å². The summed E-state index contributed by atoms with van der Waals surface area (Å²) in [5.74, 6) is -1.11. The van der Waals surface area contributed by atoms with Crippen LogP contribution in [0.25, 0.3) is 22.3 Å². The number of aromatic amines is 1. The van der Waals surface area contributed by atoms with E-state index in [4.69, 9.17) is 15.5 Å². The second kappa shape index (κ2) is 28.5. The van der Waals surface area contributed by atoms with Crippen molar-refractivity contribution >= 4 is 61.3 Å². The standard InChI is InChI=1S/C18H22N4OS.C12H21N3O4.C12H21NO3S.C4H10.C2H6/c1-12(2)22-15-8-6-7-13(16(15)20-17(22)23)14-11-24-18(19-14)21-9-4-3-5-10-21;1-12(2,3)19-11(18)14-7-9(16)15-6-4-5-8(15)10(13)17;1-3-4-5-6-7-8-10-9-11(10)12(14)13-17(2,15)16;1-3-4-2;1-2/h6-8,11-12H,3-5,9-10H2,1-2H3,(H,20,23);8H,4-7H2,1-3H3,(H2,13,17)(H,14,18);7-8,10-11H,3-6,9H2,1-2H3,(H,13,14);3-4H2,1-2H3;1-2H3/b;;8-7-;;. The third-order valence-corrected chi connectivity index (χ3v) is 12.1. The molecule has 5 N–H and O–H groups in total. The first-order chi connectivity index (χ1) is 31.2. The average molecular weight is 961 g/mol. The summed E-state index contributed by atoms with van der Waals surface area (Å²) < 4.78 is 30.6. The number of benzene rings is 1. The fraction of sp³-hybridized carbons (Fsp3) is 0.667. The number of carbonyl (C=O) groups is 4. The van der Waals surface area contributed by atoms with Gasteiger partial charge in [0, 0.05) is 42.5 Å². The van der Waals surface area contributed by atoms with E-state index in [0.29, 0.717) is 13.0 Å². The molecule has 0 bridgehead atoms. The molecule has 0 spiro atoms. The van der Waals surface area contributed by atoms with Crippen molar-refractivity contribution in [1.82, 2.24) is 29.5 Å². The number of carbonyl (C=O) groups excluding carboxylic acids is 4. The third kappa shape index (κ3) is 19.6. The Kier molecular flexibility index (Phi) is 24.8. The van der Waals surface area contributed by atoms with Crippen LogP contribution in [0.1, 0.15) is 152 Å². The second-order valence-electron chi connectivity index (χ2n) is 17.8. The lowest BCUT2D eigenvalue weighted by Gasteiger charge is -2.25.